The highest BCUT2D eigenvalue weighted by atomic mass is 31.1. The fraction of sp³-hybridized carbons (Fsp3) is 0.636. The van der Waals surface area contributed by atoms with E-state index >= 15 is 0 Å². The van der Waals surface area contributed by atoms with Crippen molar-refractivity contribution in [2.75, 3.05) is 0 Å². The molecule has 0 spiro atoms. The average molecular weight is 319 g/mol. The first-order chi connectivity index (χ1) is 9.79. The van der Waals surface area contributed by atoms with Crippen molar-refractivity contribution in [2.24, 2.45) is 0 Å². The molecule has 1 aromatic rings. The molecule has 116 valence electrons. The number of rotatable bonds is 4. The summed E-state index contributed by atoms with van der Waals surface area (Å²) in [6, 6.07) is 0. The minimum absolute atomic E-state index is 0.0998. The molecule has 0 bridgehead atoms. The van der Waals surface area contributed by atoms with Crippen molar-refractivity contribution >= 4 is 8.25 Å². The largest absolute Gasteiger partial charge is 0.695 e. The monoisotopic (exact) mass is 319 g/mol. The van der Waals surface area contributed by atoms with Crippen LogP contribution in [0.2, 0.25) is 0 Å². The van der Waals surface area contributed by atoms with E-state index in [2.05, 4.69) is 4.98 Å². The molecule has 1 fully saturated rings. The molecule has 0 amide bonds. The summed E-state index contributed by atoms with van der Waals surface area (Å²) in [5.41, 5.74) is -0.828. The fourth-order valence-electron chi connectivity index (χ4n) is 2.28. The smallest absolute Gasteiger partial charge is 0.391 e. The summed E-state index contributed by atoms with van der Waals surface area (Å²) < 4.78 is 22.3. The van der Waals surface area contributed by atoms with Gasteiger partial charge in [0, 0.05) is 22.7 Å². The number of ether oxygens (including phenoxy) is 1. The molecule has 5 atom stereocenters. The molecule has 0 radical (unpaired) electrons. The van der Waals surface area contributed by atoms with E-state index in [0.717, 1.165) is 0 Å². The average Bonchev–Trinajstić information content (AvgIpc) is 2.76. The predicted octanol–water partition coefficient (Wildman–Crippen LogP) is -0.452. The van der Waals surface area contributed by atoms with Crippen molar-refractivity contribution in [3.8, 4) is 0 Å². The van der Waals surface area contributed by atoms with E-state index in [9.17, 15) is 19.3 Å². The van der Waals surface area contributed by atoms with Crippen LogP contribution in [0.1, 0.15) is 25.1 Å². The maximum Gasteiger partial charge on any atom is 0.695 e. The molecule has 0 aliphatic carbocycles. The SMILES string of the molecule is Cc1cn([C@H]2C[C@@H](O[P+](=O)O)[C@@H]([C@H](C)O)O2)c(=O)[nH]c1=O. The lowest BCUT2D eigenvalue weighted by molar-refractivity contribution is -0.0735. The van der Waals surface area contributed by atoms with E-state index in [4.69, 9.17) is 14.2 Å². The molecule has 2 rings (SSSR count). The van der Waals surface area contributed by atoms with Gasteiger partial charge in [0.15, 0.2) is 0 Å². The Morgan fingerprint density at radius 2 is 2.24 bits per heavy atom. The lowest BCUT2D eigenvalue weighted by atomic mass is 10.1. The van der Waals surface area contributed by atoms with Crippen LogP contribution >= 0.6 is 8.25 Å². The molecular formula is C11H16N2O7P+. The maximum atomic E-state index is 11.8. The van der Waals surface area contributed by atoms with Crippen LogP contribution in [0.25, 0.3) is 0 Å². The Bertz CT molecular complexity index is 653. The second kappa shape index (κ2) is 6.17. The zero-order valence-corrected chi connectivity index (χ0v) is 12.3. The number of nitrogens with zero attached hydrogens (tertiary/aromatic N) is 1. The normalized spacial score (nSPS) is 27.6. The summed E-state index contributed by atoms with van der Waals surface area (Å²) in [4.78, 5) is 34.1. The highest BCUT2D eigenvalue weighted by Crippen LogP contribution is 2.36. The molecule has 3 N–H and O–H groups in total. The van der Waals surface area contributed by atoms with Gasteiger partial charge < -0.3 is 9.84 Å². The van der Waals surface area contributed by atoms with Gasteiger partial charge in [-0.3, -0.25) is 14.3 Å². The highest BCUT2D eigenvalue weighted by Gasteiger charge is 2.44. The van der Waals surface area contributed by atoms with Gasteiger partial charge in [0.2, 0.25) is 0 Å². The highest BCUT2D eigenvalue weighted by molar-refractivity contribution is 7.32. The Labute approximate surface area is 120 Å². The van der Waals surface area contributed by atoms with Crippen LogP contribution in [0.3, 0.4) is 0 Å². The zero-order chi connectivity index (χ0) is 15.7. The van der Waals surface area contributed by atoms with E-state index in [0.29, 0.717) is 5.56 Å². The third-order valence-corrected chi connectivity index (χ3v) is 3.72. The van der Waals surface area contributed by atoms with Crippen LogP contribution in [0.5, 0.6) is 0 Å². The minimum atomic E-state index is -2.86. The van der Waals surface area contributed by atoms with Gasteiger partial charge in [-0.05, 0) is 13.8 Å². The van der Waals surface area contributed by atoms with E-state index in [1.165, 1.54) is 24.6 Å². The molecule has 0 aromatic carbocycles. The molecule has 21 heavy (non-hydrogen) atoms. The Hall–Kier alpha value is -1.38. The Kier molecular flexibility index (Phi) is 4.70. The fourth-order valence-corrected chi connectivity index (χ4v) is 2.72. The summed E-state index contributed by atoms with van der Waals surface area (Å²) in [5.74, 6) is 0. The summed E-state index contributed by atoms with van der Waals surface area (Å²) in [6.07, 6.45) is -1.99. The van der Waals surface area contributed by atoms with E-state index in [1.54, 1.807) is 0 Å². The Morgan fingerprint density at radius 1 is 1.57 bits per heavy atom. The van der Waals surface area contributed by atoms with Gasteiger partial charge in [-0.25, -0.2) is 4.79 Å². The van der Waals surface area contributed by atoms with E-state index in [-0.39, 0.29) is 6.42 Å². The van der Waals surface area contributed by atoms with Crippen LogP contribution in [0.4, 0.5) is 0 Å². The van der Waals surface area contributed by atoms with Crippen LogP contribution in [0.15, 0.2) is 15.8 Å². The van der Waals surface area contributed by atoms with E-state index < -0.39 is 44.0 Å². The van der Waals surface area contributed by atoms with Crippen LogP contribution < -0.4 is 11.2 Å². The van der Waals surface area contributed by atoms with Crippen molar-refractivity contribution in [3.05, 3.63) is 32.6 Å². The topological polar surface area (TPSA) is 131 Å². The number of aryl methyl sites for hydroxylation is 1. The minimum Gasteiger partial charge on any atom is -0.391 e. The van der Waals surface area contributed by atoms with Crippen molar-refractivity contribution in [1.82, 2.24) is 9.55 Å². The number of aliphatic hydroxyl groups is 1. The third-order valence-electron chi connectivity index (χ3n) is 3.27. The third kappa shape index (κ3) is 3.45. The molecule has 10 heteroatoms. The van der Waals surface area contributed by atoms with Gasteiger partial charge in [-0.2, -0.15) is 0 Å². The van der Waals surface area contributed by atoms with Crippen molar-refractivity contribution in [3.63, 3.8) is 0 Å². The Morgan fingerprint density at radius 3 is 2.81 bits per heavy atom. The molecule has 1 aliphatic rings. The second-order valence-electron chi connectivity index (χ2n) is 4.89. The van der Waals surface area contributed by atoms with Crippen molar-refractivity contribution in [1.29, 1.82) is 0 Å². The lowest BCUT2D eigenvalue weighted by Gasteiger charge is -2.18. The van der Waals surface area contributed by atoms with Crippen molar-refractivity contribution < 1.29 is 23.8 Å². The number of aromatic amines is 1. The summed E-state index contributed by atoms with van der Waals surface area (Å²) >= 11 is 0. The number of hydrogen-bond acceptors (Lipinski definition) is 6. The zero-order valence-electron chi connectivity index (χ0n) is 11.4. The molecule has 1 aliphatic heterocycles. The molecule has 1 aromatic heterocycles. The summed E-state index contributed by atoms with van der Waals surface area (Å²) in [7, 11) is -2.86. The van der Waals surface area contributed by atoms with Gasteiger partial charge in [0.05, 0.1) is 6.10 Å². The first-order valence-electron chi connectivity index (χ1n) is 6.28. The summed E-state index contributed by atoms with van der Waals surface area (Å²) in [6.45, 7) is 2.99. The maximum absolute atomic E-state index is 11.8. The number of nitrogens with one attached hydrogen (secondary N) is 1. The van der Waals surface area contributed by atoms with Crippen LogP contribution in [-0.4, -0.2) is 37.9 Å². The van der Waals surface area contributed by atoms with Gasteiger partial charge in [-0.1, -0.05) is 0 Å². The van der Waals surface area contributed by atoms with Gasteiger partial charge >= 0.3 is 13.9 Å². The standard InChI is InChI=1S/C11H15N2O7P/c1-5-4-13(11(16)12-10(5)15)8-3-7(20-21(17)18)9(19-8)6(2)14/h4,6-9,14H,3H2,1-2H3,(H-,12,15,16,17,18)/p+1/t6-,7+,8+,9+/m0/s1. The number of aliphatic hydroxyl groups excluding tert-OH is 1. The van der Waals surface area contributed by atoms with Crippen LogP contribution in [-0.2, 0) is 13.8 Å². The van der Waals surface area contributed by atoms with Crippen molar-refractivity contribution in [2.45, 2.75) is 44.8 Å². The van der Waals surface area contributed by atoms with Gasteiger partial charge in [0.25, 0.3) is 5.56 Å². The number of aromatic nitrogens is 2. The molecule has 9 nitrogen and oxygen atoms in total. The Balaban J connectivity index is 2.30. The molecular weight excluding hydrogens is 303 g/mol. The van der Waals surface area contributed by atoms with Gasteiger partial charge in [0.1, 0.15) is 18.4 Å². The van der Waals surface area contributed by atoms with Crippen LogP contribution in [0, 0.1) is 6.92 Å². The number of hydrogen-bond donors (Lipinski definition) is 3. The van der Waals surface area contributed by atoms with E-state index in [1.807, 2.05) is 0 Å². The molecule has 1 unspecified atom stereocenters. The quantitative estimate of drug-likeness (QED) is 0.640. The second-order valence-corrected chi connectivity index (χ2v) is 5.58. The first kappa shape index (κ1) is 16.0. The predicted molar refractivity (Wildman–Crippen MR) is 71.0 cm³/mol. The summed E-state index contributed by atoms with van der Waals surface area (Å²) in [5, 5.41) is 9.64. The molecule has 2 heterocycles. The number of H-pyrrole nitrogens is 1. The molecule has 1 saturated heterocycles. The first-order valence-corrected chi connectivity index (χ1v) is 7.41. The molecule has 0 saturated carbocycles. The van der Waals surface area contributed by atoms with Gasteiger partial charge in [-0.15, -0.1) is 9.42 Å². The lowest BCUT2D eigenvalue weighted by Crippen LogP contribution is -2.34.